The van der Waals surface area contributed by atoms with Crippen LogP contribution in [0.15, 0.2) is 43.2 Å². The predicted molar refractivity (Wildman–Crippen MR) is 77.1 cm³/mol. The van der Waals surface area contributed by atoms with Crippen molar-refractivity contribution in [3.63, 3.8) is 0 Å². The number of amides is 1. The van der Waals surface area contributed by atoms with Gasteiger partial charge in [-0.25, -0.2) is 4.98 Å². The average molecular weight is 272 g/mol. The zero-order chi connectivity index (χ0) is 14.2. The molecule has 1 atom stereocenters. The average Bonchev–Trinajstić information content (AvgIpc) is 3.00. The van der Waals surface area contributed by atoms with Crippen LogP contribution in [0.2, 0.25) is 0 Å². The minimum atomic E-state index is 0.0895. The number of aryl methyl sites for hydroxylation is 1. The number of hydrogen-bond donors (Lipinski definition) is 1. The Morgan fingerprint density at radius 2 is 2.30 bits per heavy atom. The molecule has 106 valence electrons. The second-order valence-corrected chi connectivity index (χ2v) is 4.86. The van der Waals surface area contributed by atoms with Crippen molar-refractivity contribution in [2.75, 3.05) is 6.54 Å². The van der Waals surface area contributed by atoms with Crippen molar-refractivity contribution in [1.29, 1.82) is 0 Å². The minimum Gasteiger partial charge on any atom is -0.356 e. The summed E-state index contributed by atoms with van der Waals surface area (Å²) in [6.45, 7) is 2.80. The fourth-order valence-corrected chi connectivity index (χ4v) is 1.99. The molecule has 0 radical (unpaired) electrons. The van der Waals surface area contributed by atoms with E-state index in [0.29, 0.717) is 19.0 Å². The molecule has 2 aromatic heterocycles. The van der Waals surface area contributed by atoms with Crippen molar-refractivity contribution < 1.29 is 4.79 Å². The van der Waals surface area contributed by atoms with Crippen LogP contribution < -0.4 is 5.32 Å². The molecule has 1 N–H and O–H groups in total. The number of rotatable bonds is 7. The topological polar surface area (TPSA) is 59.8 Å². The van der Waals surface area contributed by atoms with E-state index in [2.05, 4.69) is 22.2 Å². The van der Waals surface area contributed by atoms with Crippen LogP contribution in [0, 0.1) is 0 Å². The van der Waals surface area contributed by atoms with Gasteiger partial charge in [0.1, 0.15) is 0 Å². The van der Waals surface area contributed by atoms with E-state index < -0.39 is 0 Å². The molecule has 0 aromatic carbocycles. The summed E-state index contributed by atoms with van der Waals surface area (Å²) < 4.78 is 2.04. The molecule has 2 rings (SSSR count). The van der Waals surface area contributed by atoms with Crippen molar-refractivity contribution in [3.05, 3.63) is 48.8 Å². The first-order valence-corrected chi connectivity index (χ1v) is 6.89. The summed E-state index contributed by atoms with van der Waals surface area (Å²) in [6, 6.07) is 4.22. The maximum absolute atomic E-state index is 11.7. The molecule has 0 fully saturated rings. The normalized spacial score (nSPS) is 12.1. The summed E-state index contributed by atoms with van der Waals surface area (Å²) in [5, 5.41) is 2.95. The Bertz CT molecular complexity index is 510. The maximum Gasteiger partial charge on any atom is 0.220 e. The van der Waals surface area contributed by atoms with Crippen molar-refractivity contribution >= 4 is 5.91 Å². The Morgan fingerprint density at radius 3 is 3.00 bits per heavy atom. The Kier molecular flexibility index (Phi) is 5.29. The third-order valence-corrected chi connectivity index (χ3v) is 3.28. The van der Waals surface area contributed by atoms with Gasteiger partial charge in [-0.15, -0.1) is 0 Å². The number of aromatic nitrogens is 3. The molecule has 2 heterocycles. The van der Waals surface area contributed by atoms with Gasteiger partial charge in [-0.3, -0.25) is 9.78 Å². The molecule has 0 aliphatic heterocycles. The van der Waals surface area contributed by atoms with Gasteiger partial charge in [-0.1, -0.05) is 6.07 Å². The van der Waals surface area contributed by atoms with E-state index in [4.69, 9.17) is 0 Å². The SMILES string of the molecule is C[C@@H](CCNC(=O)CCc1cccnc1)n1ccnc1. The van der Waals surface area contributed by atoms with E-state index in [0.717, 1.165) is 18.4 Å². The van der Waals surface area contributed by atoms with E-state index in [9.17, 15) is 4.79 Å². The number of carbonyl (C=O) groups is 1. The van der Waals surface area contributed by atoms with Crippen LogP contribution in [0.1, 0.15) is 31.4 Å². The zero-order valence-corrected chi connectivity index (χ0v) is 11.7. The lowest BCUT2D eigenvalue weighted by Crippen LogP contribution is -2.26. The maximum atomic E-state index is 11.7. The van der Waals surface area contributed by atoms with Gasteiger partial charge in [0.15, 0.2) is 0 Å². The smallest absolute Gasteiger partial charge is 0.220 e. The van der Waals surface area contributed by atoms with Crippen molar-refractivity contribution in [1.82, 2.24) is 19.9 Å². The van der Waals surface area contributed by atoms with Gasteiger partial charge >= 0.3 is 0 Å². The third kappa shape index (κ3) is 4.50. The van der Waals surface area contributed by atoms with Crippen molar-refractivity contribution in [2.45, 2.75) is 32.2 Å². The largest absolute Gasteiger partial charge is 0.356 e. The molecule has 0 spiro atoms. The van der Waals surface area contributed by atoms with Gasteiger partial charge in [-0.05, 0) is 31.4 Å². The third-order valence-electron chi connectivity index (χ3n) is 3.28. The Hall–Kier alpha value is -2.17. The first-order chi connectivity index (χ1) is 9.75. The summed E-state index contributed by atoms with van der Waals surface area (Å²) in [7, 11) is 0. The first-order valence-electron chi connectivity index (χ1n) is 6.89. The molecule has 0 saturated carbocycles. The molecule has 1 amide bonds. The molecule has 0 aliphatic rings. The van der Waals surface area contributed by atoms with Gasteiger partial charge < -0.3 is 9.88 Å². The van der Waals surface area contributed by atoms with Crippen LogP contribution in [-0.4, -0.2) is 27.0 Å². The van der Waals surface area contributed by atoms with Gasteiger partial charge in [0, 0.05) is 43.8 Å². The number of nitrogens with zero attached hydrogens (tertiary/aromatic N) is 3. The van der Waals surface area contributed by atoms with Crippen LogP contribution in [-0.2, 0) is 11.2 Å². The highest BCUT2D eigenvalue weighted by atomic mass is 16.1. The fourth-order valence-electron chi connectivity index (χ4n) is 1.99. The minimum absolute atomic E-state index is 0.0895. The summed E-state index contributed by atoms with van der Waals surface area (Å²) >= 11 is 0. The molecule has 0 aliphatic carbocycles. The summed E-state index contributed by atoms with van der Waals surface area (Å²) in [6.07, 6.45) is 11.2. The van der Waals surface area contributed by atoms with Crippen molar-refractivity contribution in [3.8, 4) is 0 Å². The van der Waals surface area contributed by atoms with Gasteiger partial charge in [0.2, 0.25) is 5.91 Å². The number of hydrogen-bond acceptors (Lipinski definition) is 3. The van der Waals surface area contributed by atoms with Gasteiger partial charge in [-0.2, -0.15) is 0 Å². The molecule has 0 saturated heterocycles. The van der Waals surface area contributed by atoms with E-state index >= 15 is 0 Å². The van der Waals surface area contributed by atoms with E-state index in [-0.39, 0.29) is 5.91 Å². The van der Waals surface area contributed by atoms with Crippen LogP contribution in [0.5, 0.6) is 0 Å². The molecule has 5 nitrogen and oxygen atoms in total. The molecular weight excluding hydrogens is 252 g/mol. The summed E-state index contributed by atoms with van der Waals surface area (Å²) in [4.78, 5) is 19.8. The number of pyridine rings is 1. The van der Waals surface area contributed by atoms with Crippen LogP contribution in [0.3, 0.4) is 0 Å². The lowest BCUT2D eigenvalue weighted by Gasteiger charge is -2.13. The lowest BCUT2D eigenvalue weighted by atomic mass is 10.1. The molecule has 5 heteroatoms. The number of imidazole rings is 1. The highest BCUT2D eigenvalue weighted by Crippen LogP contribution is 2.08. The van der Waals surface area contributed by atoms with Gasteiger partial charge in [0.25, 0.3) is 0 Å². The molecule has 0 bridgehead atoms. The standard InChI is InChI=1S/C15H20N4O/c1-13(19-10-9-17-12-19)6-8-18-15(20)5-4-14-3-2-7-16-11-14/h2-3,7,9-13H,4-6,8H2,1H3,(H,18,20)/t13-/m0/s1. The van der Waals surface area contributed by atoms with Crippen LogP contribution in [0.4, 0.5) is 0 Å². The Morgan fingerprint density at radius 1 is 1.40 bits per heavy atom. The van der Waals surface area contributed by atoms with E-state index in [1.54, 1.807) is 24.9 Å². The number of nitrogens with one attached hydrogen (secondary N) is 1. The summed E-state index contributed by atoms with van der Waals surface area (Å²) in [5.74, 6) is 0.0895. The zero-order valence-electron chi connectivity index (χ0n) is 11.7. The second kappa shape index (κ2) is 7.43. The van der Waals surface area contributed by atoms with E-state index in [1.165, 1.54) is 0 Å². The molecule has 2 aromatic rings. The van der Waals surface area contributed by atoms with Crippen molar-refractivity contribution in [2.24, 2.45) is 0 Å². The second-order valence-electron chi connectivity index (χ2n) is 4.86. The first kappa shape index (κ1) is 14.2. The molecule has 20 heavy (non-hydrogen) atoms. The highest BCUT2D eigenvalue weighted by molar-refractivity contribution is 5.76. The Balaban J connectivity index is 1.63. The molecule has 0 unspecified atom stereocenters. The lowest BCUT2D eigenvalue weighted by molar-refractivity contribution is -0.121. The molecular formula is C15H20N4O. The summed E-state index contributed by atoms with van der Waals surface area (Å²) in [5.41, 5.74) is 1.09. The van der Waals surface area contributed by atoms with Gasteiger partial charge in [0.05, 0.1) is 6.33 Å². The number of carbonyl (C=O) groups excluding carboxylic acids is 1. The Labute approximate surface area is 119 Å². The van der Waals surface area contributed by atoms with E-state index in [1.807, 2.05) is 22.9 Å². The predicted octanol–water partition coefficient (Wildman–Crippen LogP) is 1.98. The monoisotopic (exact) mass is 272 g/mol. The highest BCUT2D eigenvalue weighted by Gasteiger charge is 2.05. The quantitative estimate of drug-likeness (QED) is 0.838. The van der Waals surface area contributed by atoms with Crippen LogP contribution in [0.25, 0.3) is 0 Å². The van der Waals surface area contributed by atoms with Crippen LogP contribution >= 0.6 is 0 Å². The fraction of sp³-hybridized carbons (Fsp3) is 0.400.